The van der Waals surface area contributed by atoms with Gasteiger partial charge < -0.3 is 19.5 Å². The fourth-order valence-electron chi connectivity index (χ4n) is 4.36. The predicted octanol–water partition coefficient (Wildman–Crippen LogP) is 5.37. The first-order valence-corrected chi connectivity index (χ1v) is 11.0. The van der Waals surface area contributed by atoms with E-state index in [4.69, 9.17) is 17.0 Å². The summed E-state index contributed by atoms with van der Waals surface area (Å²) in [4.78, 5) is 6.83. The molecule has 1 fully saturated rings. The van der Waals surface area contributed by atoms with Crippen LogP contribution in [0.15, 0.2) is 91.3 Å². The van der Waals surface area contributed by atoms with Gasteiger partial charge in [0.25, 0.3) is 0 Å². The molecule has 0 saturated carbocycles. The van der Waals surface area contributed by atoms with Gasteiger partial charge in [-0.15, -0.1) is 0 Å². The van der Waals surface area contributed by atoms with Crippen molar-refractivity contribution in [2.75, 3.05) is 12.0 Å². The van der Waals surface area contributed by atoms with Crippen molar-refractivity contribution in [2.24, 2.45) is 0 Å². The van der Waals surface area contributed by atoms with E-state index in [0.717, 1.165) is 28.5 Å². The number of thiocarbonyl (C=S) groups is 1. The zero-order valence-corrected chi connectivity index (χ0v) is 18.8. The van der Waals surface area contributed by atoms with Crippen LogP contribution in [0.1, 0.15) is 29.0 Å². The standard InChI is InChI=1S/C26H24N4OS/c1-18-8-3-4-10-22(18)29-17-7-11-23(29)25-24(21-9-5-6-16-27-21)28-26(32)30(25)19-12-14-20(31-2)15-13-19/h3-17,24-25H,1-2H3,(H,28,32)/t24-,25-/m0/s1. The second kappa shape index (κ2) is 8.48. The van der Waals surface area contributed by atoms with E-state index in [0.29, 0.717) is 5.11 Å². The number of nitrogens with zero attached hydrogens (tertiary/aromatic N) is 3. The van der Waals surface area contributed by atoms with Crippen LogP contribution in [0.25, 0.3) is 5.69 Å². The summed E-state index contributed by atoms with van der Waals surface area (Å²) in [6.07, 6.45) is 3.94. The van der Waals surface area contributed by atoms with Crippen LogP contribution in [0.5, 0.6) is 5.75 Å². The second-order valence-electron chi connectivity index (χ2n) is 7.78. The van der Waals surface area contributed by atoms with Crippen LogP contribution in [0, 0.1) is 6.92 Å². The zero-order chi connectivity index (χ0) is 22.1. The number of anilines is 1. The summed E-state index contributed by atoms with van der Waals surface area (Å²) in [6, 6.07) is 26.5. The first-order chi connectivity index (χ1) is 15.7. The van der Waals surface area contributed by atoms with Crippen molar-refractivity contribution in [1.29, 1.82) is 0 Å². The predicted molar refractivity (Wildman–Crippen MR) is 131 cm³/mol. The van der Waals surface area contributed by atoms with Crippen LogP contribution < -0.4 is 15.0 Å². The van der Waals surface area contributed by atoms with E-state index in [1.165, 1.54) is 5.56 Å². The number of aromatic nitrogens is 2. The van der Waals surface area contributed by atoms with E-state index in [9.17, 15) is 0 Å². The van der Waals surface area contributed by atoms with E-state index in [-0.39, 0.29) is 12.1 Å². The number of para-hydroxylation sites is 1. The van der Waals surface area contributed by atoms with Gasteiger partial charge in [0, 0.05) is 29.5 Å². The number of hydrogen-bond donors (Lipinski definition) is 1. The van der Waals surface area contributed by atoms with Gasteiger partial charge in [0.15, 0.2) is 5.11 Å². The van der Waals surface area contributed by atoms with Gasteiger partial charge in [0.2, 0.25) is 0 Å². The van der Waals surface area contributed by atoms with E-state index in [1.807, 2.05) is 48.7 Å². The maximum Gasteiger partial charge on any atom is 0.174 e. The van der Waals surface area contributed by atoms with Crippen molar-refractivity contribution in [3.63, 3.8) is 0 Å². The maximum absolute atomic E-state index is 5.84. The van der Waals surface area contributed by atoms with E-state index in [1.54, 1.807) is 7.11 Å². The normalized spacial score (nSPS) is 17.9. The fourth-order valence-corrected chi connectivity index (χ4v) is 4.71. The summed E-state index contributed by atoms with van der Waals surface area (Å²) < 4.78 is 7.61. The van der Waals surface area contributed by atoms with Gasteiger partial charge in [-0.25, -0.2) is 0 Å². The number of benzene rings is 2. The largest absolute Gasteiger partial charge is 0.497 e. The third kappa shape index (κ3) is 3.52. The number of nitrogens with one attached hydrogen (secondary N) is 1. The Kier molecular flexibility index (Phi) is 5.37. The van der Waals surface area contributed by atoms with Crippen LogP contribution in [-0.2, 0) is 0 Å². The number of pyridine rings is 1. The molecule has 160 valence electrons. The topological polar surface area (TPSA) is 42.3 Å². The van der Waals surface area contributed by atoms with E-state index in [2.05, 4.69) is 69.3 Å². The lowest BCUT2D eigenvalue weighted by Gasteiger charge is -2.29. The van der Waals surface area contributed by atoms with Gasteiger partial charge >= 0.3 is 0 Å². The summed E-state index contributed by atoms with van der Waals surface area (Å²) in [5, 5.41) is 4.20. The molecular weight excluding hydrogens is 416 g/mol. The smallest absolute Gasteiger partial charge is 0.174 e. The van der Waals surface area contributed by atoms with Gasteiger partial charge in [-0.2, -0.15) is 0 Å². The third-order valence-corrected chi connectivity index (χ3v) is 6.22. The second-order valence-corrected chi connectivity index (χ2v) is 8.17. The Morgan fingerprint density at radius 3 is 2.44 bits per heavy atom. The third-order valence-electron chi connectivity index (χ3n) is 5.91. The summed E-state index contributed by atoms with van der Waals surface area (Å²) in [6.45, 7) is 2.13. The molecular formula is C26H24N4OS. The lowest BCUT2D eigenvalue weighted by molar-refractivity contribution is 0.415. The Labute approximate surface area is 193 Å². The summed E-state index contributed by atoms with van der Waals surface area (Å²) >= 11 is 5.84. The highest BCUT2D eigenvalue weighted by Crippen LogP contribution is 2.42. The highest BCUT2D eigenvalue weighted by atomic mass is 32.1. The Morgan fingerprint density at radius 2 is 1.72 bits per heavy atom. The highest BCUT2D eigenvalue weighted by molar-refractivity contribution is 7.80. The molecule has 2 aromatic carbocycles. The van der Waals surface area contributed by atoms with Crippen LogP contribution in [0.2, 0.25) is 0 Å². The molecule has 5 rings (SSSR count). The van der Waals surface area contributed by atoms with Crippen LogP contribution in [0.3, 0.4) is 0 Å². The van der Waals surface area contributed by atoms with E-state index >= 15 is 0 Å². The van der Waals surface area contributed by atoms with E-state index < -0.39 is 0 Å². The number of rotatable bonds is 5. The minimum Gasteiger partial charge on any atom is -0.497 e. The van der Waals surface area contributed by atoms with Gasteiger partial charge in [-0.05, 0) is 79.3 Å². The van der Waals surface area contributed by atoms with Crippen molar-refractivity contribution in [3.05, 3.63) is 108 Å². The number of ether oxygens (including phenoxy) is 1. The molecule has 2 aromatic heterocycles. The van der Waals surface area contributed by atoms with Crippen molar-refractivity contribution in [1.82, 2.24) is 14.9 Å². The molecule has 32 heavy (non-hydrogen) atoms. The lowest BCUT2D eigenvalue weighted by atomic mass is 10.0. The molecule has 5 nitrogen and oxygen atoms in total. The van der Waals surface area contributed by atoms with Gasteiger partial charge in [0.05, 0.1) is 18.8 Å². The molecule has 0 unspecified atom stereocenters. The molecule has 0 amide bonds. The molecule has 6 heteroatoms. The highest BCUT2D eigenvalue weighted by Gasteiger charge is 2.42. The molecule has 0 radical (unpaired) electrons. The number of methoxy groups -OCH3 is 1. The molecule has 1 N–H and O–H groups in total. The first-order valence-electron chi connectivity index (χ1n) is 10.6. The summed E-state index contributed by atoms with van der Waals surface area (Å²) in [5.41, 5.74) is 5.46. The Morgan fingerprint density at radius 1 is 0.938 bits per heavy atom. The number of aryl methyl sites for hydroxylation is 1. The monoisotopic (exact) mass is 440 g/mol. The Hall–Kier alpha value is -3.64. The first kappa shape index (κ1) is 20.3. The minimum absolute atomic E-state index is 0.0830. The molecule has 1 saturated heterocycles. The van der Waals surface area contributed by atoms with Crippen molar-refractivity contribution in [3.8, 4) is 11.4 Å². The molecule has 1 aliphatic rings. The molecule has 0 spiro atoms. The van der Waals surface area contributed by atoms with Crippen LogP contribution in [-0.4, -0.2) is 21.8 Å². The average Bonchev–Trinajstić information content (AvgIpc) is 3.44. The molecule has 0 bridgehead atoms. The van der Waals surface area contributed by atoms with Gasteiger partial charge in [-0.1, -0.05) is 24.3 Å². The molecule has 0 aliphatic carbocycles. The number of hydrogen-bond acceptors (Lipinski definition) is 3. The molecule has 3 heterocycles. The fraction of sp³-hybridized carbons (Fsp3) is 0.154. The maximum atomic E-state index is 5.84. The van der Waals surface area contributed by atoms with Gasteiger partial charge in [0.1, 0.15) is 11.8 Å². The average molecular weight is 441 g/mol. The van der Waals surface area contributed by atoms with Crippen molar-refractivity contribution < 1.29 is 4.74 Å². The van der Waals surface area contributed by atoms with Crippen LogP contribution >= 0.6 is 12.2 Å². The Balaban J connectivity index is 1.66. The quantitative estimate of drug-likeness (QED) is 0.423. The van der Waals surface area contributed by atoms with Crippen LogP contribution in [0.4, 0.5) is 5.69 Å². The molecule has 2 atom stereocenters. The Bertz CT molecular complexity index is 1240. The molecule has 1 aliphatic heterocycles. The summed E-state index contributed by atoms with van der Waals surface area (Å²) in [7, 11) is 1.67. The molecule has 4 aromatic rings. The minimum atomic E-state index is -0.0940. The SMILES string of the molecule is COc1ccc(N2C(=S)N[C@@H](c3ccccn3)[C@@H]2c2cccn2-c2ccccc2C)cc1. The van der Waals surface area contributed by atoms with Crippen molar-refractivity contribution in [2.45, 2.75) is 19.0 Å². The van der Waals surface area contributed by atoms with Gasteiger partial charge in [-0.3, -0.25) is 4.98 Å². The lowest BCUT2D eigenvalue weighted by Crippen LogP contribution is -2.30. The zero-order valence-electron chi connectivity index (χ0n) is 18.0. The summed E-state index contributed by atoms with van der Waals surface area (Å²) in [5.74, 6) is 0.813. The van der Waals surface area contributed by atoms with Crippen molar-refractivity contribution >= 4 is 23.0 Å².